The van der Waals surface area contributed by atoms with E-state index in [0.717, 1.165) is 5.56 Å². The summed E-state index contributed by atoms with van der Waals surface area (Å²) in [5, 5.41) is 10.6. The van der Waals surface area contributed by atoms with Crippen LogP contribution in [-0.4, -0.2) is 57.9 Å². The topological polar surface area (TPSA) is 86.9 Å². The summed E-state index contributed by atoms with van der Waals surface area (Å²) in [5.41, 5.74) is 1.77. The molecule has 0 bridgehead atoms. The highest BCUT2D eigenvalue weighted by molar-refractivity contribution is 7.17. The van der Waals surface area contributed by atoms with Gasteiger partial charge in [-0.1, -0.05) is 42.5 Å². The van der Waals surface area contributed by atoms with E-state index in [9.17, 15) is 14.7 Å². The summed E-state index contributed by atoms with van der Waals surface area (Å²) in [6.07, 6.45) is 1.58. The molecule has 0 aliphatic carbocycles. The van der Waals surface area contributed by atoms with Crippen molar-refractivity contribution >= 4 is 23.2 Å². The molecule has 1 aliphatic heterocycles. The third-order valence-electron chi connectivity index (χ3n) is 5.59. The maximum Gasteiger partial charge on any atom is 0.266 e. The van der Waals surface area contributed by atoms with Gasteiger partial charge in [-0.25, -0.2) is 4.98 Å². The van der Waals surface area contributed by atoms with E-state index >= 15 is 0 Å². The molecule has 0 saturated carbocycles. The van der Waals surface area contributed by atoms with Crippen molar-refractivity contribution in [1.82, 2.24) is 14.8 Å². The molecule has 2 aromatic carbocycles. The molecule has 1 aliphatic rings. The Morgan fingerprint density at radius 3 is 2.18 bits per heavy atom. The molecule has 0 spiro atoms. The Labute approximate surface area is 194 Å². The van der Waals surface area contributed by atoms with Gasteiger partial charge in [-0.15, -0.1) is 11.3 Å². The summed E-state index contributed by atoms with van der Waals surface area (Å²) in [5.74, 6) is 0.236. The number of thiazole rings is 1. The molecule has 0 atom stereocenters. The van der Waals surface area contributed by atoms with Crippen molar-refractivity contribution in [1.29, 1.82) is 0 Å². The molecule has 166 valence electrons. The van der Waals surface area contributed by atoms with Crippen LogP contribution in [0.2, 0.25) is 0 Å². The van der Waals surface area contributed by atoms with Crippen LogP contribution in [0.25, 0.3) is 22.0 Å². The Morgan fingerprint density at radius 2 is 1.52 bits per heavy atom. The van der Waals surface area contributed by atoms with Crippen molar-refractivity contribution in [3.05, 3.63) is 83.4 Å². The molecule has 2 amide bonds. The number of furan rings is 1. The summed E-state index contributed by atoms with van der Waals surface area (Å²) in [6.45, 7) is 1.59. The van der Waals surface area contributed by atoms with Crippen molar-refractivity contribution in [2.75, 3.05) is 26.2 Å². The third kappa shape index (κ3) is 4.12. The summed E-state index contributed by atoms with van der Waals surface area (Å²) in [4.78, 5) is 35.0. The lowest BCUT2D eigenvalue weighted by Gasteiger charge is -2.34. The Hall–Kier alpha value is -3.91. The Kier molecular flexibility index (Phi) is 5.66. The SMILES string of the molecule is O=C(c1ccccc1O)N1CCN(C(=O)c2sc(-c3ccco3)nc2-c2ccccc2)CC1. The Bertz CT molecular complexity index is 1280. The van der Waals surface area contributed by atoms with Crippen LogP contribution in [-0.2, 0) is 0 Å². The summed E-state index contributed by atoms with van der Waals surface area (Å²) >= 11 is 1.31. The van der Waals surface area contributed by atoms with E-state index in [-0.39, 0.29) is 23.1 Å². The van der Waals surface area contributed by atoms with Crippen molar-refractivity contribution in [2.24, 2.45) is 0 Å². The first-order chi connectivity index (χ1) is 16.1. The van der Waals surface area contributed by atoms with E-state index in [1.54, 1.807) is 40.3 Å². The van der Waals surface area contributed by atoms with E-state index in [2.05, 4.69) is 0 Å². The van der Waals surface area contributed by atoms with Gasteiger partial charge in [-0.2, -0.15) is 0 Å². The maximum atomic E-state index is 13.5. The molecule has 1 N–H and O–H groups in total. The van der Waals surface area contributed by atoms with Gasteiger partial charge in [0, 0.05) is 31.7 Å². The van der Waals surface area contributed by atoms with Gasteiger partial charge in [-0.3, -0.25) is 9.59 Å². The molecular formula is C25H21N3O4S. The van der Waals surface area contributed by atoms with Gasteiger partial charge in [-0.05, 0) is 24.3 Å². The number of nitrogens with zero attached hydrogens (tertiary/aromatic N) is 3. The molecular weight excluding hydrogens is 438 g/mol. The number of carbonyl (C=O) groups excluding carboxylic acids is 2. The van der Waals surface area contributed by atoms with Crippen LogP contribution in [0.5, 0.6) is 5.75 Å². The van der Waals surface area contributed by atoms with Crippen LogP contribution in [0.1, 0.15) is 20.0 Å². The predicted molar refractivity (Wildman–Crippen MR) is 125 cm³/mol. The minimum Gasteiger partial charge on any atom is -0.507 e. The van der Waals surface area contributed by atoms with Crippen LogP contribution in [0.15, 0.2) is 77.4 Å². The van der Waals surface area contributed by atoms with Gasteiger partial charge < -0.3 is 19.3 Å². The van der Waals surface area contributed by atoms with Crippen molar-refractivity contribution < 1.29 is 19.1 Å². The lowest BCUT2D eigenvalue weighted by atomic mass is 10.1. The molecule has 2 aromatic heterocycles. The number of hydrogen-bond donors (Lipinski definition) is 1. The van der Waals surface area contributed by atoms with E-state index in [1.165, 1.54) is 17.4 Å². The first-order valence-electron chi connectivity index (χ1n) is 10.6. The zero-order valence-electron chi connectivity index (χ0n) is 17.7. The van der Waals surface area contributed by atoms with Gasteiger partial charge >= 0.3 is 0 Å². The number of para-hydroxylation sites is 1. The van der Waals surface area contributed by atoms with Gasteiger partial charge in [0.15, 0.2) is 10.8 Å². The molecule has 0 radical (unpaired) electrons. The molecule has 8 heteroatoms. The minimum atomic E-state index is -0.233. The van der Waals surface area contributed by atoms with Gasteiger partial charge in [0.25, 0.3) is 11.8 Å². The molecule has 1 fully saturated rings. The fraction of sp³-hybridized carbons (Fsp3) is 0.160. The number of rotatable bonds is 4. The average molecular weight is 460 g/mol. The van der Waals surface area contributed by atoms with E-state index in [1.807, 2.05) is 36.4 Å². The first kappa shape index (κ1) is 21.0. The van der Waals surface area contributed by atoms with Crippen molar-refractivity contribution in [3.8, 4) is 27.8 Å². The number of hydrogen-bond acceptors (Lipinski definition) is 6. The summed E-state index contributed by atoms with van der Waals surface area (Å²) in [7, 11) is 0. The average Bonchev–Trinajstić information content (AvgIpc) is 3.55. The monoisotopic (exact) mass is 459 g/mol. The van der Waals surface area contributed by atoms with Crippen LogP contribution in [0.3, 0.4) is 0 Å². The van der Waals surface area contributed by atoms with Crippen LogP contribution >= 0.6 is 11.3 Å². The molecule has 33 heavy (non-hydrogen) atoms. The Morgan fingerprint density at radius 1 is 0.848 bits per heavy atom. The minimum absolute atomic E-state index is 0.0383. The lowest BCUT2D eigenvalue weighted by molar-refractivity contribution is 0.0536. The van der Waals surface area contributed by atoms with E-state index < -0.39 is 0 Å². The fourth-order valence-electron chi connectivity index (χ4n) is 3.84. The second-order valence-corrected chi connectivity index (χ2v) is 8.64. The number of aromatic hydroxyl groups is 1. The lowest BCUT2D eigenvalue weighted by Crippen LogP contribution is -2.50. The number of carbonyl (C=O) groups is 2. The van der Waals surface area contributed by atoms with Crippen LogP contribution in [0.4, 0.5) is 0 Å². The predicted octanol–water partition coefficient (Wildman–Crippen LogP) is 4.37. The number of phenols is 1. The first-order valence-corrected chi connectivity index (χ1v) is 11.4. The summed E-state index contributed by atoms with van der Waals surface area (Å²) in [6, 6.07) is 19.7. The molecule has 3 heterocycles. The van der Waals surface area contributed by atoms with Crippen LogP contribution in [0, 0.1) is 0 Å². The molecule has 0 unspecified atom stereocenters. The number of amides is 2. The number of phenolic OH excluding ortho intramolecular Hbond substituents is 1. The third-order valence-corrected chi connectivity index (χ3v) is 6.65. The highest BCUT2D eigenvalue weighted by atomic mass is 32.1. The smallest absolute Gasteiger partial charge is 0.266 e. The molecule has 7 nitrogen and oxygen atoms in total. The highest BCUT2D eigenvalue weighted by Crippen LogP contribution is 2.35. The fourth-order valence-corrected chi connectivity index (χ4v) is 4.87. The standard InChI is InChI=1S/C25H21N3O4S/c29-19-10-5-4-9-18(19)24(30)27-12-14-28(15-13-27)25(31)22-21(17-7-2-1-3-8-17)26-23(33-22)20-11-6-16-32-20/h1-11,16,29H,12-15H2. The zero-order chi connectivity index (χ0) is 22.8. The second-order valence-electron chi connectivity index (χ2n) is 7.64. The molecule has 1 saturated heterocycles. The Balaban J connectivity index is 1.37. The van der Waals surface area contributed by atoms with Gasteiger partial charge in [0.1, 0.15) is 10.6 Å². The highest BCUT2D eigenvalue weighted by Gasteiger charge is 2.30. The number of benzene rings is 2. The number of piperazine rings is 1. The normalized spacial score (nSPS) is 13.8. The largest absolute Gasteiger partial charge is 0.507 e. The van der Waals surface area contributed by atoms with Crippen molar-refractivity contribution in [3.63, 3.8) is 0 Å². The zero-order valence-corrected chi connectivity index (χ0v) is 18.5. The van der Waals surface area contributed by atoms with E-state index in [4.69, 9.17) is 9.40 Å². The number of aromatic nitrogens is 1. The van der Waals surface area contributed by atoms with Crippen LogP contribution < -0.4 is 0 Å². The van der Waals surface area contributed by atoms with Gasteiger partial charge in [0.2, 0.25) is 0 Å². The summed E-state index contributed by atoms with van der Waals surface area (Å²) < 4.78 is 5.50. The quantitative estimate of drug-likeness (QED) is 0.490. The van der Waals surface area contributed by atoms with E-state index in [0.29, 0.717) is 47.5 Å². The second kappa shape index (κ2) is 8.91. The van der Waals surface area contributed by atoms with Crippen molar-refractivity contribution in [2.45, 2.75) is 0 Å². The molecule has 5 rings (SSSR count). The van der Waals surface area contributed by atoms with Gasteiger partial charge in [0.05, 0.1) is 17.5 Å². The molecule has 4 aromatic rings. The maximum absolute atomic E-state index is 13.5.